The number of ether oxygens (including phenoxy) is 1. The number of hydrogen-bond donors (Lipinski definition) is 1. The van der Waals surface area contributed by atoms with Gasteiger partial charge in [0.2, 0.25) is 5.91 Å². The van der Waals surface area contributed by atoms with Crippen LogP contribution in [-0.2, 0) is 9.53 Å². The lowest BCUT2D eigenvalue weighted by Gasteiger charge is -2.37. The van der Waals surface area contributed by atoms with Crippen LogP contribution in [0.3, 0.4) is 0 Å². The maximum Gasteiger partial charge on any atom is 0.224 e. The minimum Gasteiger partial charge on any atom is -0.394 e. The van der Waals surface area contributed by atoms with E-state index in [1.807, 2.05) is 4.90 Å². The third-order valence-electron chi connectivity index (χ3n) is 4.32. The first-order chi connectivity index (χ1) is 9.11. The smallest absolute Gasteiger partial charge is 0.224 e. The summed E-state index contributed by atoms with van der Waals surface area (Å²) in [6.07, 6.45) is 2.74. The lowest BCUT2D eigenvalue weighted by Crippen LogP contribution is -2.50. The summed E-state index contributed by atoms with van der Waals surface area (Å²) in [5, 5.41) is 9.15. The van der Waals surface area contributed by atoms with Crippen molar-refractivity contribution < 1.29 is 14.6 Å². The molecule has 19 heavy (non-hydrogen) atoms. The van der Waals surface area contributed by atoms with Crippen molar-refractivity contribution in [1.29, 1.82) is 0 Å². The fourth-order valence-corrected chi connectivity index (χ4v) is 2.98. The Hall–Kier alpha value is -0.650. The molecule has 0 aromatic rings. The first-order valence-corrected chi connectivity index (χ1v) is 7.37. The second kappa shape index (κ2) is 6.68. The number of carbonyl (C=O) groups excluding carboxylic acids is 1. The Morgan fingerprint density at radius 1 is 1.37 bits per heavy atom. The van der Waals surface area contributed by atoms with Crippen LogP contribution in [-0.4, -0.2) is 71.8 Å². The highest BCUT2D eigenvalue weighted by molar-refractivity contribution is 5.77. The summed E-state index contributed by atoms with van der Waals surface area (Å²) >= 11 is 0. The summed E-state index contributed by atoms with van der Waals surface area (Å²) in [7, 11) is 0. The molecule has 5 heteroatoms. The van der Waals surface area contributed by atoms with E-state index in [9.17, 15) is 4.79 Å². The zero-order valence-electron chi connectivity index (χ0n) is 12.0. The van der Waals surface area contributed by atoms with Crippen molar-refractivity contribution in [2.24, 2.45) is 0 Å². The van der Waals surface area contributed by atoms with E-state index < -0.39 is 0 Å². The summed E-state index contributed by atoms with van der Waals surface area (Å²) in [6, 6.07) is 0.728. The lowest BCUT2D eigenvalue weighted by molar-refractivity contribution is -0.133. The maximum atomic E-state index is 12.2. The SMILES string of the molecule is CC1COC(CO)CN1CCC(=O)N1CCCC1C. The molecule has 0 aromatic carbocycles. The van der Waals surface area contributed by atoms with Gasteiger partial charge in [0.1, 0.15) is 0 Å². The molecule has 0 aromatic heterocycles. The van der Waals surface area contributed by atoms with Gasteiger partial charge in [-0.1, -0.05) is 0 Å². The van der Waals surface area contributed by atoms with Crippen LogP contribution in [0.1, 0.15) is 33.1 Å². The van der Waals surface area contributed by atoms with Crippen molar-refractivity contribution >= 4 is 5.91 Å². The molecule has 1 N–H and O–H groups in total. The quantitative estimate of drug-likeness (QED) is 0.807. The van der Waals surface area contributed by atoms with E-state index >= 15 is 0 Å². The van der Waals surface area contributed by atoms with Gasteiger partial charge in [-0.05, 0) is 26.7 Å². The number of aliphatic hydroxyl groups is 1. The molecule has 2 aliphatic heterocycles. The van der Waals surface area contributed by atoms with Crippen LogP contribution in [0.5, 0.6) is 0 Å². The first-order valence-electron chi connectivity index (χ1n) is 7.37. The van der Waals surface area contributed by atoms with Crippen LogP contribution in [0, 0.1) is 0 Å². The minimum atomic E-state index is -0.1000. The fourth-order valence-electron chi connectivity index (χ4n) is 2.98. The van der Waals surface area contributed by atoms with E-state index in [0.29, 0.717) is 25.1 Å². The van der Waals surface area contributed by atoms with Gasteiger partial charge in [-0.2, -0.15) is 0 Å². The average Bonchev–Trinajstić information content (AvgIpc) is 2.84. The topological polar surface area (TPSA) is 53.0 Å². The van der Waals surface area contributed by atoms with Crippen molar-refractivity contribution in [3.8, 4) is 0 Å². The molecule has 2 rings (SSSR count). The van der Waals surface area contributed by atoms with E-state index in [-0.39, 0.29) is 18.6 Å². The van der Waals surface area contributed by atoms with Crippen molar-refractivity contribution in [3.05, 3.63) is 0 Å². The number of morpholine rings is 1. The number of hydrogen-bond acceptors (Lipinski definition) is 4. The normalized spacial score (nSPS) is 32.8. The molecule has 0 bridgehead atoms. The third kappa shape index (κ3) is 3.68. The van der Waals surface area contributed by atoms with Crippen LogP contribution < -0.4 is 0 Å². The van der Waals surface area contributed by atoms with Crippen molar-refractivity contribution in [3.63, 3.8) is 0 Å². The molecule has 0 saturated carbocycles. The largest absolute Gasteiger partial charge is 0.394 e. The van der Waals surface area contributed by atoms with E-state index in [1.165, 1.54) is 0 Å². The zero-order valence-corrected chi connectivity index (χ0v) is 12.0. The molecule has 2 aliphatic rings. The summed E-state index contributed by atoms with van der Waals surface area (Å²) in [6.45, 7) is 7.34. The second-order valence-corrected chi connectivity index (χ2v) is 5.81. The van der Waals surface area contributed by atoms with Gasteiger partial charge < -0.3 is 14.7 Å². The molecule has 0 spiro atoms. The van der Waals surface area contributed by atoms with Crippen LogP contribution in [0.4, 0.5) is 0 Å². The summed E-state index contributed by atoms with van der Waals surface area (Å²) in [5.41, 5.74) is 0. The summed E-state index contributed by atoms with van der Waals surface area (Å²) in [5.74, 6) is 0.268. The molecule has 5 nitrogen and oxygen atoms in total. The van der Waals surface area contributed by atoms with Gasteiger partial charge in [0, 0.05) is 38.1 Å². The van der Waals surface area contributed by atoms with Crippen molar-refractivity contribution in [2.75, 3.05) is 32.8 Å². The van der Waals surface area contributed by atoms with Gasteiger partial charge >= 0.3 is 0 Å². The number of nitrogens with zero attached hydrogens (tertiary/aromatic N) is 2. The Balaban J connectivity index is 1.78. The Bertz CT molecular complexity index is 311. The third-order valence-corrected chi connectivity index (χ3v) is 4.32. The molecule has 2 saturated heterocycles. The Labute approximate surface area is 115 Å². The molecule has 0 aliphatic carbocycles. The van der Waals surface area contributed by atoms with Crippen LogP contribution in [0.2, 0.25) is 0 Å². The summed E-state index contributed by atoms with van der Waals surface area (Å²) in [4.78, 5) is 16.4. The molecule has 3 atom stereocenters. The standard InChI is InChI=1S/C14H26N2O3/c1-11-4-3-6-16(11)14(18)5-7-15-8-13(9-17)19-10-12(15)2/h11-13,17H,3-10H2,1-2H3. The van der Waals surface area contributed by atoms with Gasteiger partial charge in [-0.25, -0.2) is 0 Å². The highest BCUT2D eigenvalue weighted by atomic mass is 16.5. The van der Waals surface area contributed by atoms with Crippen molar-refractivity contribution in [2.45, 2.75) is 51.3 Å². The molecule has 2 fully saturated rings. The monoisotopic (exact) mass is 270 g/mol. The van der Waals surface area contributed by atoms with Crippen LogP contribution in [0.25, 0.3) is 0 Å². The number of likely N-dealkylation sites (tertiary alicyclic amines) is 1. The molecule has 1 amide bonds. The molecule has 3 unspecified atom stereocenters. The zero-order chi connectivity index (χ0) is 13.8. The number of rotatable bonds is 4. The van der Waals surface area contributed by atoms with E-state index in [0.717, 1.165) is 32.5 Å². The summed E-state index contributed by atoms with van der Waals surface area (Å²) < 4.78 is 5.51. The highest BCUT2D eigenvalue weighted by Gasteiger charge is 2.28. The molecular weight excluding hydrogens is 244 g/mol. The highest BCUT2D eigenvalue weighted by Crippen LogP contribution is 2.18. The van der Waals surface area contributed by atoms with Gasteiger partial charge in [0.25, 0.3) is 0 Å². The van der Waals surface area contributed by atoms with Crippen LogP contribution >= 0.6 is 0 Å². The van der Waals surface area contributed by atoms with Gasteiger partial charge in [-0.3, -0.25) is 9.69 Å². The van der Waals surface area contributed by atoms with Gasteiger partial charge in [-0.15, -0.1) is 0 Å². The van der Waals surface area contributed by atoms with E-state index in [2.05, 4.69) is 18.7 Å². The van der Waals surface area contributed by atoms with E-state index in [1.54, 1.807) is 0 Å². The lowest BCUT2D eigenvalue weighted by atomic mass is 10.2. The molecule has 0 radical (unpaired) electrons. The van der Waals surface area contributed by atoms with Gasteiger partial charge in [0.05, 0.1) is 19.3 Å². The Morgan fingerprint density at radius 3 is 2.79 bits per heavy atom. The van der Waals surface area contributed by atoms with E-state index in [4.69, 9.17) is 9.84 Å². The minimum absolute atomic E-state index is 0.0559. The van der Waals surface area contributed by atoms with Gasteiger partial charge in [0.15, 0.2) is 0 Å². The number of carbonyl (C=O) groups is 1. The molecule has 2 heterocycles. The molecular formula is C14H26N2O3. The predicted octanol–water partition coefficient (Wildman–Crippen LogP) is 0.469. The van der Waals surface area contributed by atoms with Crippen molar-refractivity contribution in [1.82, 2.24) is 9.80 Å². The number of amides is 1. The second-order valence-electron chi connectivity index (χ2n) is 5.81. The Morgan fingerprint density at radius 2 is 2.16 bits per heavy atom. The maximum absolute atomic E-state index is 12.2. The number of aliphatic hydroxyl groups excluding tert-OH is 1. The first kappa shape index (κ1) is 14.8. The predicted molar refractivity (Wildman–Crippen MR) is 72.9 cm³/mol. The average molecular weight is 270 g/mol. The van der Waals surface area contributed by atoms with Crippen LogP contribution in [0.15, 0.2) is 0 Å². The fraction of sp³-hybridized carbons (Fsp3) is 0.929. The molecule has 110 valence electrons. The Kier molecular flexibility index (Phi) is 5.19.